The second-order valence-corrected chi connectivity index (χ2v) is 6.49. The van der Waals surface area contributed by atoms with Gasteiger partial charge in [0.15, 0.2) is 5.65 Å². The highest BCUT2D eigenvalue weighted by Crippen LogP contribution is 2.23. The molecule has 1 fully saturated rings. The van der Waals surface area contributed by atoms with Gasteiger partial charge < -0.3 is 5.32 Å². The number of aromatic nitrogens is 3. The van der Waals surface area contributed by atoms with E-state index in [0.717, 1.165) is 48.4 Å². The summed E-state index contributed by atoms with van der Waals surface area (Å²) in [6.07, 6.45) is 6.72. The molecule has 1 atom stereocenters. The molecule has 0 saturated carbocycles. The summed E-state index contributed by atoms with van der Waals surface area (Å²) in [4.78, 5) is 18.7. The molecular formula is C19H21N5O. The predicted octanol–water partition coefficient (Wildman–Crippen LogP) is 1.96. The molecule has 6 heteroatoms. The molecular weight excluding hydrogens is 314 g/mol. The fraction of sp³-hybridized carbons (Fsp3) is 0.316. The third-order valence-electron chi connectivity index (χ3n) is 4.79. The Kier molecular flexibility index (Phi) is 4.19. The monoisotopic (exact) mass is 335 g/mol. The van der Waals surface area contributed by atoms with Gasteiger partial charge in [0.25, 0.3) is 0 Å². The highest BCUT2D eigenvalue weighted by atomic mass is 16.1. The predicted molar refractivity (Wildman–Crippen MR) is 95.9 cm³/mol. The van der Waals surface area contributed by atoms with Crippen molar-refractivity contribution in [2.24, 2.45) is 5.92 Å². The molecule has 128 valence electrons. The van der Waals surface area contributed by atoms with Crippen LogP contribution in [0.15, 0.2) is 48.9 Å². The molecule has 0 bridgehead atoms. The number of hydrogen-bond acceptors (Lipinski definition) is 4. The van der Waals surface area contributed by atoms with Gasteiger partial charge in [-0.25, -0.2) is 9.50 Å². The summed E-state index contributed by atoms with van der Waals surface area (Å²) in [5, 5.41) is 7.20. The summed E-state index contributed by atoms with van der Waals surface area (Å²) in [5.41, 5.74) is 4.12. The molecule has 0 aliphatic carbocycles. The van der Waals surface area contributed by atoms with Gasteiger partial charge in [-0.15, -0.1) is 0 Å². The molecule has 25 heavy (non-hydrogen) atoms. The summed E-state index contributed by atoms with van der Waals surface area (Å²) >= 11 is 0. The van der Waals surface area contributed by atoms with Gasteiger partial charge in [-0.05, 0) is 18.5 Å². The molecule has 0 spiro atoms. The van der Waals surface area contributed by atoms with Crippen molar-refractivity contribution in [1.82, 2.24) is 24.8 Å². The van der Waals surface area contributed by atoms with Crippen molar-refractivity contribution in [2.45, 2.75) is 13.0 Å². The zero-order chi connectivity index (χ0) is 17.2. The number of likely N-dealkylation sites (tertiary alicyclic amines) is 1. The zero-order valence-electron chi connectivity index (χ0n) is 14.2. The molecule has 1 N–H and O–H groups in total. The van der Waals surface area contributed by atoms with E-state index in [9.17, 15) is 4.79 Å². The van der Waals surface area contributed by atoms with Crippen molar-refractivity contribution in [3.8, 4) is 11.1 Å². The van der Waals surface area contributed by atoms with Gasteiger partial charge in [0.2, 0.25) is 5.91 Å². The first-order chi connectivity index (χ1) is 12.2. The van der Waals surface area contributed by atoms with Crippen LogP contribution < -0.4 is 5.32 Å². The van der Waals surface area contributed by atoms with E-state index in [1.54, 1.807) is 7.05 Å². The molecule has 1 aromatic carbocycles. The number of amides is 1. The van der Waals surface area contributed by atoms with Gasteiger partial charge in [0.05, 0.1) is 12.1 Å². The van der Waals surface area contributed by atoms with E-state index in [2.05, 4.69) is 32.4 Å². The number of hydrogen-bond donors (Lipinski definition) is 1. The Morgan fingerprint density at radius 2 is 2.12 bits per heavy atom. The van der Waals surface area contributed by atoms with E-state index in [1.165, 1.54) is 0 Å². The topological polar surface area (TPSA) is 62.5 Å². The Hall–Kier alpha value is -2.73. The number of carbonyl (C=O) groups excluding carboxylic acids is 1. The molecule has 6 nitrogen and oxygen atoms in total. The summed E-state index contributed by atoms with van der Waals surface area (Å²) in [6.45, 7) is 2.52. The van der Waals surface area contributed by atoms with Crippen LogP contribution >= 0.6 is 0 Å². The average molecular weight is 335 g/mol. The molecule has 1 amide bonds. The SMILES string of the molecule is CNC(=O)C1CCN(Cc2cnc3c(-c4ccccc4)cnn3c2)C1. The molecule has 1 aliphatic rings. The quantitative estimate of drug-likeness (QED) is 0.792. The lowest BCUT2D eigenvalue weighted by Gasteiger charge is -2.15. The normalized spacial score (nSPS) is 17.9. The zero-order valence-corrected chi connectivity index (χ0v) is 14.2. The van der Waals surface area contributed by atoms with Crippen LogP contribution in [0.3, 0.4) is 0 Å². The van der Waals surface area contributed by atoms with Crippen LogP contribution in [0.5, 0.6) is 0 Å². The first kappa shape index (κ1) is 15.8. The summed E-state index contributed by atoms with van der Waals surface area (Å²) in [6, 6.07) is 10.2. The Labute approximate surface area is 146 Å². The number of rotatable bonds is 4. The Bertz CT molecular complexity index is 889. The smallest absolute Gasteiger partial charge is 0.224 e. The van der Waals surface area contributed by atoms with Crippen LogP contribution in [0, 0.1) is 5.92 Å². The van der Waals surface area contributed by atoms with Crippen LogP contribution in [-0.4, -0.2) is 45.5 Å². The first-order valence-electron chi connectivity index (χ1n) is 8.56. The molecule has 1 unspecified atom stereocenters. The van der Waals surface area contributed by atoms with Crippen LogP contribution in [0.2, 0.25) is 0 Å². The largest absolute Gasteiger partial charge is 0.359 e. The van der Waals surface area contributed by atoms with Crippen LogP contribution in [0.4, 0.5) is 0 Å². The minimum Gasteiger partial charge on any atom is -0.359 e. The number of fused-ring (bicyclic) bond motifs is 1. The maximum absolute atomic E-state index is 11.8. The fourth-order valence-corrected chi connectivity index (χ4v) is 3.47. The van der Waals surface area contributed by atoms with Gasteiger partial charge in [-0.2, -0.15) is 5.10 Å². The molecule has 2 aromatic heterocycles. The molecule has 1 aliphatic heterocycles. The van der Waals surface area contributed by atoms with E-state index in [4.69, 9.17) is 0 Å². The van der Waals surface area contributed by atoms with Crippen molar-refractivity contribution in [3.05, 3.63) is 54.5 Å². The number of benzene rings is 1. The van der Waals surface area contributed by atoms with Crippen molar-refractivity contribution in [1.29, 1.82) is 0 Å². The second kappa shape index (κ2) is 6.64. The number of nitrogens with one attached hydrogen (secondary N) is 1. The molecule has 3 aromatic rings. The van der Waals surface area contributed by atoms with Crippen LogP contribution in [-0.2, 0) is 11.3 Å². The maximum atomic E-state index is 11.8. The van der Waals surface area contributed by atoms with E-state index >= 15 is 0 Å². The molecule has 1 saturated heterocycles. The molecule has 0 radical (unpaired) electrons. The van der Waals surface area contributed by atoms with E-state index < -0.39 is 0 Å². The minimum absolute atomic E-state index is 0.0936. The van der Waals surface area contributed by atoms with Gasteiger partial charge in [0, 0.05) is 43.7 Å². The average Bonchev–Trinajstić information content (AvgIpc) is 3.28. The highest BCUT2D eigenvalue weighted by Gasteiger charge is 2.27. The lowest BCUT2D eigenvalue weighted by molar-refractivity contribution is -0.124. The summed E-state index contributed by atoms with van der Waals surface area (Å²) < 4.78 is 1.84. The molecule has 4 rings (SSSR count). The minimum atomic E-state index is 0.0936. The Balaban J connectivity index is 1.52. The van der Waals surface area contributed by atoms with E-state index in [-0.39, 0.29) is 11.8 Å². The van der Waals surface area contributed by atoms with Gasteiger partial charge in [0.1, 0.15) is 0 Å². The van der Waals surface area contributed by atoms with E-state index in [1.807, 2.05) is 41.3 Å². The van der Waals surface area contributed by atoms with Crippen molar-refractivity contribution in [2.75, 3.05) is 20.1 Å². The Morgan fingerprint density at radius 1 is 1.28 bits per heavy atom. The lowest BCUT2D eigenvalue weighted by Crippen LogP contribution is -2.30. The van der Waals surface area contributed by atoms with E-state index in [0.29, 0.717) is 0 Å². The number of nitrogens with zero attached hydrogens (tertiary/aromatic N) is 4. The summed E-state index contributed by atoms with van der Waals surface area (Å²) in [7, 11) is 1.70. The lowest BCUT2D eigenvalue weighted by atomic mass is 10.1. The van der Waals surface area contributed by atoms with Gasteiger partial charge >= 0.3 is 0 Å². The van der Waals surface area contributed by atoms with Gasteiger partial charge in [-0.3, -0.25) is 9.69 Å². The fourth-order valence-electron chi connectivity index (χ4n) is 3.47. The third-order valence-corrected chi connectivity index (χ3v) is 4.79. The number of carbonyl (C=O) groups is 1. The van der Waals surface area contributed by atoms with Crippen molar-refractivity contribution < 1.29 is 4.79 Å². The highest BCUT2D eigenvalue weighted by molar-refractivity contribution is 5.79. The first-order valence-corrected chi connectivity index (χ1v) is 8.56. The third kappa shape index (κ3) is 3.13. The maximum Gasteiger partial charge on any atom is 0.224 e. The standard InChI is InChI=1S/C19H21N5O/c1-20-19(25)16-7-8-23(13-16)11-14-9-21-18-17(10-22-24(18)12-14)15-5-3-2-4-6-15/h2-6,9-10,12,16H,7-8,11,13H2,1H3,(H,20,25). The van der Waals surface area contributed by atoms with Crippen molar-refractivity contribution in [3.63, 3.8) is 0 Å². The van der Waals surface area contributed by atoms with Crippen LogP contribution in [0.25, 0.3) is 16.8 Å². The van der Waals surface area contributed by atoms with Gasteiger partial charge in [-0.1, -0.05) is 30.3 Å². The van der Waals surface area contributed by atoms with Crippen molar-refractivity contribution >= 4 is 11.6 Å². The second-order valence-electron chi connectivity index (χ2n) is 6.49. The summed E-state index contributed by atoms with van der Waals surface area (Å²) in [5.74, 6) is 0.228. The van der Waals surface area contributed by atoms with Crippen LogP contribution in [0.1, 0.15) is 12.0 Å². The molecule has 3 heterocycles. The Morgan fingerprint density at radius 3 is 2.92 bits per heavy atom.